The topological polar surface area (TPSA) is 74.3 Å². The molecule has 7 nitrogen and oxygen atoms in total. The molecule has 0 N–H and O–H groups in total. The van der Waals surface area contributed by atoms with E-state index in [-0.39, 0.29) is 22.8 Å². The normalized spacial score (nSPS) is 25.3. The van der Waals surface area contributed by atoms with Gasteiger partial charge in [-0.1, -0.05) is 24.3 Å². The summed E-state index contributed by atoms with van der Waals surface area (Å²) in [7, 11) is 3.78. The van der Waals surface area contributed by atoms with Crippen LogP contribution in [0.5, 0.6) is 17.2 Å². The number of carbonyl (C=O) groups is 2. The van der Waals surface area contributed by atoms with Crippen LogP contribution in [0.15, 0.2) is 48.6 Å². The summed E-state index contributed by atoms with van der Waals surface area (Å²) in [6.07, 6.45) is 4.94. The highest BCUT2D eigenvalue weighted by Gasteiger charge is 2.53. The van der Waals surface area contributed by atoms with E-state index in [9.17, 15) is 9.59 Å². The lowest BCUT2D eigenvalue weighted by Gasteiger charge is -2.36. The van der Waals surface area contributed by atoms with E-state index in [0.717, 1.165) is 31.0 Å². The predicted octanol–water partition coefficient (Wildman–Crippen LogP) is 3.64. The van der Waals surface area contributed by atoms with Crippen LogP contribution in [0.4, 0.5) is 0 Å². The average molecular weight is 450 g/mol. The molecule has 7 heteroatoms. The molecule has 2 heterocycles. The molecule has 0 fully saturated rings. The van der Waals surface area contributed by atoms with E-state index in [0.29, 0.717) is 6.42 Å². The molecule has 2 aliphatic heterocycles. The standard InChI is InChI=1S/C26H27NO6/c1-16(28)31-20-7-5-4-6-19(20)25(29)32-18-10-11-26-12-13-27(2)15-17-8-9-21(30-3)24(23(17)26)33-22(26)14-18/h4-11,18,22H,12-15H2,1-3H3/t18-,22?,26-/m0/s1. The van der Waals surface area contributed by atoms with Crippen molar-refractivity contribution in [2.75, 3.05) is 20.7 Å². The van der Waals surface area contributed by atoms with Crippen molar-refractivity contribution in [3.63, 3.8) is 0 Å². The second kappa shape index (κ2) is 8.23. The second-order valence-corrected chi connectivity index (χ2v) is 8.89. The molecule has 33 heavy (non-hydrogen) atoms. The van der Waals surface area contributed by atoms with Crippen molar-refractivity contribution >= 4 is 11.9 Å². The summed E-state index contributed by atoms with van der Waals surface area (Å²) in [5, 5.41) is 0. The quantitative estimate of drug-likeness (QED) is 0.401. The Balaban J connectivity index is 1.43. The fraction of sp³-hybridized carbons (Fsp3) is 0.385. The van der Waals surface area contributed by atoms with Gasteiger partial charge >= 0.3 is 11.9 Å². The SMILES string of the molecule is COc1ccc2c3c1OC1C[C@@H](OC(=O)c4ccccc4OC(C)=O)C=C[C@@]31CCN(C)C2. The Kier molecular flexibility index (Phi) is 5.37. The van der Waals surface area contributed by atoms with Crippen LogP contribution in [-0.2, 0) is 21.5 Å². The minimum atomic E-state index is -0.535. The maximum atomic E-state index is 12.9. The van der Waals surface area contributed by atoms with Crippen molar-refractivity contribution in [2.24, 2.45) is 0 Å². The van der Waals surface area contributed by atoms with Gasteiger partial charge in [-0.05, 0) is 49.9 Å². The third-order valence-electron chi connectivity index (χ3n) is 6.75. The van der Waals surface area contributed by atoms with Gasteiger partial charge in [0.05, 0.1) is 12.5 Å². The van der Waals surface area contributed by atoms with Crippen LogP contribution >= 0.6 is 0 Å². The predicted molar refractivity (Wildman–Crippen MR) is 121 cm³/mol. The van der Waals surface area contributed by atoms with Crippen molar-refractivity contribution < 1.29 is 28.5 Å². The fourth-order valence-electron chi connectivity index (χ4n) is 5.23. The smallest absolute Gasteiger partial charge is 0.342 e. The van der Waals surface area contributed by atoms with Crippen molar-refractivity contribution in [2.45, 2.75) is 43.9 Å². The lowest BCUT2D eigenvalue weighted by atomic mass is 9.69. The Labute approximate surface area is 192 Å². The number of ether oxygens (including phenoxy) is 4. The van der Waals surface area contributed by atoms with Crippen molar-refractivity contribution in [1.82, 2.24) is 4.90 Å². The lowest BCUT2D eigenvalue weighted by Crippen LogP contribution is -2.43. The van der Waals surface area contributed by atoms with Crippen LogP contribution in [0.1, 0.15) is 41.3 Å². The molecule has 0 amide bonds. The first kappa shape index (κ1) is 21.5. The molecule has 0 saturated carbocycles. The van der Waals surface area contributed by atoms with E-state index in [1.165, 1.54) is 18.1 Å². The summed E-state index contributed by atoms with van der Waals surface area (Å²) in [5.74, 6) is 0.690. The Bertz CT molecular complexity index is 1140. The van der Waals surface area contributed by atoms with E-state index in [4.69, 9.17) is 18.9 Å². The number of hydrogen-bond donors (Lipinski definition) is 0. The molecule has 0 bridgehead atoms. The van der Waals surface area contributed by atoms with Crippen molar-refractivity contribution in [1.29, 1.82) is 0 Å². The highest BCUT2D eigenvalue weighted by Crippen LogP contribution is 2.55. The molecule has 2 aromatic rings. The molecule has 3 aliphatic rings. The number of benzene rings is 2. The molecule has 172 valence electrons. The first-order valence-corrected chi connectivity index (χ1v) is 11.1. The first-order chi connectivity index (χ1) is 15.9. The molecule has 0 aromatic heterocycles. The minimum absolute atomic E-state index is 0.166. The number of para-hydroxylation sites is 1. The fourth-order valence-corrected chi connectivity index (χ4v) is 5.23. The van der Waals surface area contributed by atoms with Gasteiger partial charge in [-0.2, -0.15) is 0 Å². The first-order valence-electron chi connectivity index (χ1n) is 11.1. The number of hydrogen-bond acceptors (Lipinski definition) is 7. The van der Waals surface area contributed by atoms with Crippen LogP contribution in [0, 0.1) is 0 Å². The molecule has 0 saturated heterocycles. The highest BCUT2D eigenvalue weighted by molar-refractivity contribution is 5.93. The largest absolute Gasteiger partial charge is 0.493 e. The summed E-state index contributed by atoms with van der Waals surface area (Å²) in [5.41, 5.74) is 2.38. The summed E-state index contributed by atoms with van der Waals surface area (Å²) >= 11 is 0. The number of methoxy groups -OCH3 is 1. The molecule has 0 radical (unpaired) electrons. The Morgan fingerprint density at radius 1 is 1.15 bits per heavy atom. The van der Waals surface area contributed by atoms with E-state index >= 15 is 0 Å². The highest BCUT2D eigenvalue weighted by atomic mass is 16.6. The maximum Gasteiger partial charge on any atom is 0.342 e. The number of nitrogens with zero attached hydrogens (tertiary/aromatic N) is 1. The molecule has 1 aliphatic carbocycles. The van der Waals surface area contributed by atoms with Gasteiger partial charge in [0.15, 0.2) is 11.5 Å². The van der Waals surface area contributed by atoms with E-state index in [1.807, 2.05) is 12.1 Å². The average Bonchev–Trinajstić information content (AvgIpc) is 3.05. The van der Waals surface area contributed by atoms with Gasteiger partial charge in [0, 0.05) is 25.5 Å². The maximum absolute atomic E-state index is 12.9. The number of rotatable bonds is 4. The number of carbonyl (C=O) groups excluding carboxylic acids is 2. The third kappa shape index (κ3) is 3.66. The third-order valence-corrected chi connectivity index (χ3v) is 6.75. The lowest BCUT2D eigenvalue weighted by molar-refractivity contribution is -0.131. The van der Waals surface area contributed by atoms with Crippen LogP contribution < -0.4 is 14.2 Å². The molecule has 3 atom stereocenters. The van der Waals surface area contributed by atoms with Crippen molar-refractivity contribution in [3.05, 3.63) is 65.2 Å². The molecule has 1 spiro atoms. The molecule has 2 aromatic carbocycles. The van der Waals surface area contributed by atoms with Gasteiger partial charge in [-0.3, -0.25) is 4.79 Å². The van der Waals surface area contributed by atoms with Crippen molar-refractivity contribution in [3.8, 4) is 17.2 Å². The van der Waals surface area contributed by atoms with Crippen LogP contribution in [0.2, 0.25) is 0 Å². The van der Waals surface area contributed by atoms with Gasteiger partial charge < -0.3 is 23.8 Å². The zero-order valence-corrected chi connectivity index (χ0v) is 19.0. The van der Waals surface area contributed by atoms with Crippen LogP contribution in [0.25, 0.3) is 0 Å². The zero-order chi connectivity index (χ0) is 23.2. The summed E-state index contributed by atoms with van der Waals surface area (Å²) in [6.45, 7) is 3.08. The van der Waals surface area contributed by atoms with E-state index in [2.05, 4.69) is 24.1 Å². The zero-order valence-electron chi connectivity index (χ0n) is 19.0. The second-order valence-electron chi connectivity index (χ2n) is 8.89. The van der Waals surface area contributed by atoms with Gasteiger partial charge in [0.25, 0.3) is 0 Å². The molecule has 1 unspecified atom stereocenters. The summed E-state index contributed by atoms with van der Waals surface area (Å²) in [6, 6.07) is 10.7. The van der Waals surface area contributed by atoms with E-state index in [1.54, 1.807) is 31.4 Å². The Hall–Kier alpha value is -3.32. The minimum Gasteiger partial charge on any atom is -0.493 e. The van der Waals surface area contributed by atoms with Gasteiger partial charge in [-0.25, -0.2) is 4.79 Å². The summed E-state index contributed by atoms with van der Waals surface area (Å²) in [4.78, 5) is 26.6. The Morgan fingerprint density at radius 2 is 1.97 bits per heavy atom. The van der Waals surface area contributed by atoms with Gasteiger partial charge in [0.1, 0.15) is 23.5 Å². The molecular weight excluding hydrogens is 422 g/mol. The molecular formula is C26H27NO6. The summed E-state index contributed by atoms with van der Waals surface area (Å²) < 4.78 is 23.1. The molecule has 5 rings (SSSR count). The van der Waals surface area contributed by atoms with Gasteiger partial charge in [-0.15, -0.1) is 0 Å². The Morgan fingerprint density at radius 3 is 2.76 bits per heavy atom. The van der Waals surface area contributed by atoms with Gasteiger partial charge in [0.2, 0.25) is 0 Å². The van der Waals surface area contributed by atoms with Crippen LogP contribution in [-0.4, -0.2) is 49.7 Å². The monoisotopic (exact) mass is 449 g/mol. The van der Waals surface area contributed by atoms with Crippen LogP contribution in [0.3, 0.4) is 0 Å². The van der Waals surface area contributed by atoms with E-state index < -0.39 is 18.0 Å². The number of esters is 2.